The average Bonchev–Trinajstić information content (AvgIpc) is 2.73. The number of phenolic OH excluding ortho intramolecular Hbond substituents is 1. The molecule has 0 fully saturated rings. The predicted octanol–water partition coefficient (Wildman–Crippen LogP) is 2.94. The van der Waals surface area contributed by atoms with Crippen molar-refractivity contribution in [1.29, 1.82) is 0 Å². The molecule has 4 rings (SSSR count). The third-order valence-electron chi connectivity index (χ3n) is 4.58. The lowest BCUT2D eigenvalue weighted by Crippen LogP contribution is -2.34. The molecule has 0 spiro atoms. The first-order valence-corrected chi connectivity index (χ1v) is 8.78. The molecule has 1 aliphatic heterocycles. The van der Waals surface area contributed by atoms with Gasteiger partial charge in [0.2, 0.25) is 0 Å². The molecule has 1 unspecified atom stereocenters. The Morgan fingerprint density at radius 3 is 2.71 bits per heavy atom. The summed E-state index contributed by atoms with van der Waals surface area (Å²) in [4.78, 5) is 28.4. The Balaban J connectivity index is 1.75. The molecule has 3 aromatic rings. The smallest absolute Gasteiger partial charge is 0.319 e. The number of aromatic hydroxyl groups is 1. The number of aromatic nitrogens is 1. The number of nitrogens with zero attached hydrogens (tertiary/aromatic N) is 1. The zero-order valence-electron chi connectivity index (χ0n) is 14.8. The monoisotopic (exact) mass is 374 g/mol. The molecular formula is C21H18N4O3. The van der Waals surface area contributed by atoms with E-state index in [-0.39, 0.29) is 17.7 Å². The minimum atomic E-state index is -0.606. The van der Waals surface area contributed by atoms with Gasteiger partial charge in [-0.15, -0.1) is 0 Å². The van der Waals surface area contributed by atoms with Gasteiger partial charge in [-0.3, -0.25) is 9.78 Å². The van der Waals surface area contributed by atoms with Crippen molar-refractivity contribution in [3.05, 3.63) is 89.2 Å². The van der Waals surface area contributed by atoms with Crippen LogP contribution in [-0.2, 0) is 6.54 Å². The number of urea groups is 1. The Kier molecular flexibility index (Phi) is 4.63. The molecule has 0 aliphatic carbocycles. The SMILES string of the molecule is O=C1NCc2cc(O)c(C(NC(=O)c3cccnc3)c3ccccc3)cc2N1. The fourth-order valence-corrected chi connectivity index (χ4v) is 3.18. The highest BCUT2D eigenvalue weighted by atomic mass is 16.3. The highest BCUT2D eigenvalue weighted by molar-refractivity contribution is 5.95. The van der Waals surface area contributed by atoms with E-state index in [1.54, 1.807) is 30.5 Å². The number of benzene rings is 2. The molecule has 1 aliphatic rings. The third kappa shape index (κ3) is 3.50. The molecule has 3 amide bonds. The Morgan fingerprint density at radius 2 is 1.96 bits per heavy atom. The van der Waals surface area contributed by atoms with Gasteiger partial charge < -0.3 is 21.1 Å². The van der Waals surface area contributed by atoms with Crippen LogP contribution >= 0.6 is 0 Å². The number of carbonyl (C=O) groups excluding carboxylic acids is 2. The first kappa shape index (κ1) is 17.5. The second-order valence-electron chi connectivity index (χ2n) is 6.43. The van der Waals surface area contributed by atoms with Gasteiger partial charge in [-0.1, -0.05) is 30.3 Å². The number of rotatable bonds is 4. The van der Waals surface area contributed by atoms with Crippen molar-refractivity contribution in [3.8, 4) is 5.75 Å². The van der Waals surface area contributed by atoms with Gasteiger partial charge in [0.25, 0.3) is 5.91 Å². The summed E-state index contributed by atoms with van der Waals surface area (Å²) in [5.74, 6) is -0.276. The van der Waals surface area contributed by atoms with Crippen LogP contribution in [0.5, 0.6) is 5.75 Å². The van der Waals surface area contributed by atoms with E-state index in [9.17, 15) is 14.7 Å². The van der Waals surface area contributed by atoms with Gasteiger partial charge in [0.05, 0.1) is 11.6 Å². The maximum Gasteiger partial charge on any atom is 0.319 e. The number of anilines is 1. The van der Waals surface area contributed by atoms with Crippen molar-refractivity contribution in [2.75, 3.05) is 5.32 Å². The molecule has 2 heterocycles. The number of phenols is 1. The maximum absolute atomic E-state index is 12.7. The summed E-state index contributed by atoms with van der Waals surface area (Å²) >= 11 is 0. The van der Waals surface area contributed by atoms with Gasteiger partial charge in [-0.25, -0.2) is 4.79 Å². The van der Waals surface area contributed by atoms with Crippen molar-refractivity contribution >= 4 is 17.6 Å². The normalized spacial score (nSPS) is 13.6. The third-order valence-corrected chi connectivity index (χ3v) is 4.58. The zero-order chi connectivity index (χ0) is 19.5. The average molecular weight is 374 g/mol. The van der Waals surface area contributed by atoms with Gasteiger partial charge in [0, 0.05) is 30.2 Å². The van der Waals surface area contributed by atoms with Crippen LogP contribution in [0.1, 0.15) is 33.1 Å². The zero-order valence-corrected chi connectivity index (χ0v) is 14.8. The number of fused-ring (bicyclic) bond motifs is 1. The number of carbonyl (C=O) groups is 2. The molecule has 4 N–H and O–H groups in total. The lowest BCUT2D eigenvalue weighted by molar-refractivity contribution is 0.0942. The highest BCUT2D eigenvalue weighted by Gasteiger charge is 2.24. The van der Waals surface area contributed by atoms with E-state index >= 15 is 0 Å². The molecule has 2 aromatic carbocycles. The second kappa shape index (κ2) is 7.40. The van der Waals surface area contributed by atoms with Crippen molar-refractivity contribution in [2.45, 2.75) is 12.6 Å². The van der Waals surface area contributed by atoms with Crippen LogP contribution in [0, 0.1) is 0 Å². The van der Waals surface area contributed by atoms with Gasteiger partial charge in [-0.2, -0.15) is 0 Å². The van der Waals surface area contributed by atoms with E-state index in [0.29, 0.717) is 23.4 Å². The number of amides is 3. The van der Waals surface area contributed by atoms with E-state index in [0.717, 1.165) is 11.1 Å². The summed E-state index contributed by atoms with van der Waals surface area (Å²) in [6.45, 7) is 0.326. The molecule has 28 heavy (non-hydrogen) atoms. The number of hydrogen-bond donors (Lipinski definition) is 4. The number of pyridine rings is 1. The van der Waals surface area contributed by atoms with Crippen LogP contribution in [0.3, 0.4) is 0 Å². The molecule has 1 atom stereocenters. The first-order chi connectivity index (χ1) is 13.6. The highest BCUT2D eigenvalue weighted by Crippen LogP contribution is 2.35. The quantitative estimate of drug-likeness (QED) is 0.527. The van der Waals surface area contributed by atoms with Gasteiger partial charge in [0.15, 0.2) is 0 Å². The van der Waals surface area contributed by atoms with Crippen molar-refractivity contribution in [1.82, 2.24) is 15.6 Å². The second-order valence-corrected chi connectivity index (χ2v) is 6.43. The largest absolute Gasteiger partial charge is 0.508 e. The Hall–Kier alpha value is -3.87. The molecule has 0 bridgehead atoms. The maximum atomic E-state index is 12.7. The van der Waals surface area contributed by atoms with Crippen LogP contribution in [0.2, 0.25) is 0 Å². The van der Waals surface area contributed by atoms with Gasteiger partial charge in [0.1, 0.15) is 5.75 Å². The lowest BCUT2D eigenvalue weighted by atomic mass is 9.95. The van der Waals surface area contributed by atoms with E-state index in [1.807, 2.05) is 30.3 Å². The molecule has 0 saturated heterocycles. The fourth-order valence-electron chi connectivity index (χ4n) is 3.18. The summed E-state index contributed by atoms with van der Waals surface area (Å²) < 4.78 is 0. The predicted molar refractivity (Wildman–Crippen MR) is 104 cm³/mol. The molecule has 0 saturated carbocycles. The molecule has 1 aromatic heterocycles. The summed E-state index contributed by atoms with van der Waals surface area (Å²) in [5.41, 5.74) is 3.08. The Bertz CT molecular complexity index is 1020. The summed E-state index contributed by atoms with van der Waals surface area (Å²) in [6.07, 6.45) is 3.08. The molecule has 7 heteroatoms. The summed E-state index contributed by atoms with van der Waals surface area (Å²) in [5, 5.41) is 19.0. The van der Waals surface area contributed by atoms with E-state index in [1.165, 1.54) is 6.20 Å². The van der Waals surface area contributed by atoms with Gasteiger partial charge >= 0.3 is 6.03 Å². The van der Waals surface area contributed by atoms with Crippen molar-refractivity contribution < 1.29 is 14.7 Å². The minimum Gasteiger partial charge on any atom is -0.508 e. The summed E-state index contributed by atoms with van der Waals surface area (Å²) in [7, 11) is 0. The molecular weight excluding hydrogens is 356 g/mol. The van der Waals surface area contributed by atoms with Gasteiger partial charge in [-0.05, 0) is 35.4 Å². The van der Waals surface area contributed by atoms with Crippen LogP contribution in [0.25, 0.3) is 0 Å². The fraction of sp³-hybridized carbons (Fsp3) is 0.0952. The topological polar surface area (TPSA) is 103 Å². The first-order valence-electron chi connectivity index (χ1n) is 8.78. The lowest BCUT2D eigenvalue weighted by Gasteiger charge is -2.25. The Labute approximate surface area is 161 Å². The van der Waals surface area contributed by atoms with E-state index in [4.69, 9.17) is 0 Å². The molecule has 140 valence electrons. The molecule has 7 nitrogen and oxygen atoms in total. The van der Waals surface area contributed by atoms with Crippen LogP contribution in [0.4, 0.5) is 10.5 Å². The number of hydrogen-bond acceptors (Lipinski definition) is 4. The standard InChI is InChI=1S/C21H18N4O3/c26-18-9-15-12-23-21(28)24-17(15)10-16(18)19(13-5-2-1-3-6-13)25-20(27)14-7-4-8-22-11-14/h1-11,19,26H,12H2,(H,25,27)(H2,23,24,28). The minimum absolute atomic E-state index is 0.0389. The Morgan fingerprint density at radius 1 is 1.14 bits per heavy atom. The molecule has 0 radical (unpaired) electrons. The number of nitrogens with one attached hydrogen (secondary N) is 3. The summed E-state index contributed by atoms with van der Waals surface area (Å²) in [6, 6.07) is 15.1. The van der Waals surface area contributed by atoms with Crippen molar-refractivity contribution in [2.24, 2.45) is 0 Å². The van der Waals surface area contributed by atoms with E-state index < -0.39 is 6.04 Å². The van der Waals surface area contributed by atoms with Crippen LogP contribution in [-0.4, -0.2) is 22.0 Å². The van der Waals surface area contributed by atoms with Crippen LogP contribution in [0.15, 0.2) is 67.0 Å². The van der Waals surface area contributed by atoms with Crippen molar-refractivity contribution in [3.63, 3.8) is 0 Å². The van der Waals surface area contributed by atoms with E-state index in [2.05, 4.69) is 20.9 Å². The van der Waals surface area contributed by atoms with Crippen LogP contribution < -0.4 is 16.0 Å².